The van der Waals surface area contributed by atoms with E-state index in [-0.39, 0.29) is 47.1 Å². The third kappa shape index (κ3) is 8.36. The molecule has 0 atom stereocenters. The lowest BCUT2D eigenvalue weighted by Crippen LogP contribution is -2.25. The monoisotopic (exact) mass is 762 g/mol. The number of aryl methyl sites for hydroxylation is 4. The van der Waals surface area contributed by atoms with E-state index in [4.69, 9.17) is 9.47 Å². The summed E-state index contributed by atoms with van der Waals surface area (Å²) in [7, 11) is -2.15. The van der Waals surface area contributed by atoms with Crippen molar-refractivity contribution in [2.24, 2.45) is 0 Å². The zero-order valence-corrected chi connectivity index (χ0v) is 30.6. The highest BCUT2D eigenvalue weighted by Crippen LogP contribution is 2.40. The van der Waals surface area contributed by atoms with Gasteiger partial charge in [0.15, 0.2) is 12.4 Å². The standard InChI is InChI=1S/C11H11NO3.C9H9NO3.C9H9NO2.C8H9NO4S/c1-6-3-4-9(13)10-7(6)5-8(12-10)11(14)15-2;1-5-2-3-6(11)8-9(5)13-4-7(12)10-8;1-5-2-3-7(11)9-6(5)4-8(12)10-9;1-5-2-3-6(10)7-8(5)13-4-14(11,12)9-7/h3-5,12-13H,1-2H3;2-3,11H,4H2,1H3,(H,10,12);2-3,11H,4H2,1H3,(H,10,12);2-3,9-10H,4H2,1H3. The second kappa shape index (κ2) is 15.5. The predicted octanol–water partition coefficient (Wildman–Crippen LogP) is 4.99. The van der Waals surface area contributed by atoms with Crippen molar-refractivity contribution < 1.29 is 57.4 Å². The number of hydrogen-bond donors (Lipinski definition) is 8. The lowest BCUT2D eigenvalue weighted by Gasteiger charge is -2.21. The summed E-state index contributed by atoms with van der Waals surface area (Å²) >= 11 is 0. The Labute approximate surface area is 309 Å². The average molecular weight is 763 g/mol. The molecule has 0 saturated heterocycles. The zero-order chi connectivity index (χ0) is 39.5. The number of aromatic nitrogens is 1. The number of carbonyl (C=O) groups is 3. The van der Waals surface area contributed by atoms with Gasteiger partial charge in [0.1, 0.15) is 45.8 Å². The first kappa shape index (κ1) is 38.6. The molecule has 284 valence electrons. The van der Waals surface area contributed by atoms with Gasteiger partial charge in [-0.15, -0.1) is 0 Å². The molecule has 0 radical (unpaired) electrons. The smallest absolute Gasteiger partial charge is 0.354 e. The summed E-state index contributed by atoms with van der Waals surface area (Å²) in [6.07, 6.45) is 0.384. The van der Waals surface area contributed by atoms with Crippen LogP contribution in [0.4, 0.5) is 17.1 Å². The summed E-state index contributed by atoms with van der Waals surface area (Å²) in [5.41, 5.74) is 6.61. The Bertz CT molecular complexity index is 2330. The number of sulfonamides is 1. The van der Waals surface area contributed by atoms with Gasteiger partial charge < -0.3 is 50.3 Å². The van der Waals surface area contributed by atoms with Gasteiger partial charge >= 0.3 is 5.97 Å². The van der Waals surface area contributed by atoms with Crippen molar-refractivity contribution in [2.75, 3.05) is 35.0 Å². The average Bonchev–Trinajstić information content (AvgIpc) is 3.78. The van der Waals surface area contributed by atoms with E-state index in [1.165, 1.54) is 19.2 Å². The number of phenolic OH excluding ortho intramolecular Hbond substituents is 4. The molecular formula is C37H38N4O12S. The second-order valence-electron chi connectivity index (χ2n) is 12.4. The van der Waals surface area contributed by atoms with Crippen molar-refractivity contribution in [1.29, 1.82) is 0 Å². The summed E-state index contributed by atoms with van der Waals surface area (Å²) in [5, 5.41) is 43.8. The minimum Gasteiger partial charge on any atom is -0.506 e. The number of rotatable bonds is 1. The molecule has 1 aromatic heterocycles. The van der Waals surface area contributed by atoms with E-state index >= 15 is 0 Å². The molecule has 5 aromatic rings. The maximum Gasteiger partial charge on any atom is 0.354 e. The number of methoxy groups -OCH3 is 1. The summed E-state index contributed by atoms with van der Waals surface area (Å²) in [5.74, 6) is -0.00764. The predicted molar refractivity (Wildman–Crippen MR) is 199 cm³/mol. The Morgan fingerprint density at radius 2 is 1.24 bits per heavy atom. The van der Waals surface area contributed by atoms with E-state index in [1.807, 2.05) is 26.8 Å². The number of benzene rings is 4. The van der Waals surface area contributed by atoms with Gasteiger partial charge in [-0.25, -0.2) is 13.2 Å². The molecule has 54 heavy (non-hydrogen) atoms. The molecule has 0 saturated carbocycles. The maximum absolute atomic E-state index is 11.3. The summed E-state index contributed by atoms with van der Waals surface area (Å²) in [6, 6.07) is 14.8. The van der Waals surface area contributed by atoms with Crippen molar-refractivity contribution in [3.05, 3.63) is 88.1 Å². The summed E-state index contributed by atoms with van der Waals surface area (Å²) < 4.78 is 39.3. The molecule has 0 unspecified atom stereocenters. The number of aromatic amines is 1. The number of esters is 1. The molecule has 0 bridgehead atoms. The normalized spacial score (nSPS) is 14.2. The van der Waals surface area contributed by atoms with Crippen LogP contribution < -0.4 is 24.8 Å². The fourth-order valence-corrected chi connectivity index (χ4v) is 6.43. The highest BCUT2D eigenvalue weighted by Gasteiger charge is 2.26. The largest absolute Gasteiger partial charge is 0.506 e. The Morgan fingerprint density at radius 3 is 1.85 bits per heavy atom. The fraction of sp³-hybridized carbons (Fsp3) is 0.216. The quantitative estimate of drug-likeness (QED) is 0.0832. The lowest BCUT2D eigenvalue weighted by atomic mass is 10.1. The fourth-order valence-electron chi connectivity index (χ4n) is 5.59. The molecule has 16 nitrogen and oxygen atoms in total. The first-order chi connectivity index (χ1) is 25.5. The van der Waals surface area contributed by atoms with Crippen LogP contribution in [-0.4, -0.2) is 71.3 Å². The van der Waals surface area contributed by atoms with Gasteiger partial charge in [-0.2, -0.15) is 0 Å². The van der Waals surface area contributed by atoms with E-state index < -0.39 is 21.9 Å². The molecule has 2 amide bonds. The highest BCUT2D eigenvalue weighted by atomic mass is 32.2. The van der Waals surface area contributed by atoms with Crippen LogP contribution in [0.2, 0.25) is 0 Å². The molecule has 0 aliphatic carbocycles. The number of ether oxygens (including phenoxy) is 3. The van der Waals surface area contributed by atoms with Crippen LogP contribution in [-0.2, 0) is 30.8 Å². The molecule has 0 fully saturated rings. The third-order valence-electron chi connectivity index (χ3n) is 8.42. The van der Waals surface area contributed by atoms with Crippen LogP contribution in [0.15, 0.2) is 54.6 Å². The van der Waals surface area contributed by atoms with Crippen molar-refractivity contribution >= 4 is 55.8 Å². The minimum atomic E-state index is -3.47. The number of nitrogens with one attached hydrogen (secondary N) is 4. The van der Waals surface area contributed by atoms with E-state index in [1.54, 1.807) is 43.3 Å². The Morgan fingerprint density at radius 1 is 0.704 bits per heavy atom. The number of hydrogen-bond acceptors (Lipinski definition) is 12. The second-order valence-corrected chi connectivity index (χ2v) is 14.0. The van der Waals surface area contributed by atoms with Crippen LogP contribution in [0, 0.1) is 27.7 Å². The molecule has 3 aliphatic heterocycles. The highest BCUT2D eigenvalue weighted by molar-refractivity contribution is 7.92. The number of carbonyl (C=O) groups excluding carboxylic acids is 3. The van der Waals surface area contributed by atoms with Crippen molar-refractivity contribution in [1.82, 2.24) is 4.98 Å². The maximum atomic E-state index is 11.3. The lowest BCUT2D eigenvalue weighted by molar-refractivity contribution is -0.118. The zero-order valence-electron chi connectivity index (χ0n) is 29.8. The molecular weight excluding hydrogens is 724 g/mol. The third-order valence-corrected chi connectivity index (χ3v) is 9.36. The number of amides is 2. The number of phenols is 4. The van der Waals surface area contributed by atoms with Gasteiger partial charge in [0.25, 0.3) is 15.9 Å². The molecule has 4 aromatic carbocycles. The van der Waals surface area contributed by atoms with E-state index in [2.05, 4.69) is 25.1 Å². The Kier molecular flexibility index (Phi) is 11.1. The van der Waals surface area contributed by atoms with Gasteiger partial charge in [0.2, 0.25) is 11.8 Å². The van der Waals surface area contributed by atoms with Crippen LogP contribution >= 0.6 is 0 Å². The Balaban J connectivity index is 0.000000139. The summed E-state index contributed by atoms with van der Waals surface area (Å²) in [4.78, 5) is 36.0. The molecule has 8 N–H and O–H groups in total. The molecule has 4 heterocycles. The molecule has 0 spiro atoms. The van der Waals surface area contributed by atoms with Crippen LogP contribution in [0.25, 0.3) is 10.9 Å². The van der Waals surface area contributed by atoms with Gasteiger partial charge in [-0.1, -0.05) is 24.3 Å². The Hall–Kier alpha value is -6.62. The first-order valence-electron chi connectivity index (χ1n) is 16.2. The molecule has 3 aliphatic rings. The summed E-state index contributed by atoms with van der Waals surface area (Å²) in [6.45, 7) is 7.49. The van der Waals surface area contributed by atoms with E-state index in [0.717, 1.165) is 33.2 Å². The minimum absolute atomic E-state index is 0.0112. The molecule has 8 rings (SSSR count). The van der Waals surface area contributed by atoms with Gasteiger partial charge in [0, 0.05) is 5.39 Å². The number of H-pyrrole nitrogens is 1. The van der Waals surface area contributed by atoms with Crippen LogP contribution in [0.3, 0.4) is 0 Å². The molecule has 17 heteroatoms. The van der Waals surface area contributed by atoms with Gasteiger partial charge in [-0.3, -0.25) is 14.3 Å². The number of fused-ring (bicyclic) bond motifs is 4. The van der Waals surface area contributed by atoms with Crippen molar-refractivity contribution in [2.45, 2.75) is 34.1 Å². The first-order valence-corrected chi connectivity index (χ1v) is 17.9. The van der Waals surface area contributed by atoms with Crippen molar-refractivity contribution in [3.8, 4) is 34.5 Å². The van der Waals surface area contributed by atoms with Gasteiger partial charge in [-0.05, 0) is 85.8 Å². The number of aromatic hydroxyl groups is 4. The SMILES string of the molecule is COC(=O)c1cc2c(C)ccc(O)c2[nH]1.Cc1ccc(O)c2c1CC(=O)N2.Cc1ccc(O)c2c1OCC(=O)N2.Cc1ccc(O)c2c1OCS(=O)(=O)N2. The van der Waals surface area contributed by atoms with Crippen LogP contribution in [0.1, 0.15) is 38.3 Å². The van der Waals surface area contributed by atoms with Gasteiger partial charge in [0.05, 0.1) is 24.7 Å². The topological polar surface area (TPSA) is 246 Å². The van der Waals surface area contributed by atoms with E-state index in [0.29, 0.717) is 40.5 Å². The number of anilines is 3. The van der Waals surface area contributed by atoms with Crippen LogP contribution in [0.5, 0.6) is 34.5 Å². The van der Waals surface area contributed by atoms with Crippen molar-refractivity contribution in [3.63, 3.8) is 0 Å². The van der Waals surface area contributed by atoms with E-state index in [9.17, 15) is 43.2 Å².